The second-order valence-corrected chi connectivity index (χ2v) is 2.99. The number of aromatic nitrogens is 2. The van der Waals surface area contributed by atoms with Crippen molar-refractivity contribution in [3.63, 3.8) is 0 Å². The summed E-state index contributed by atoms with van der Waals surface area (Å²) in [6.45, 7) is 1.89. The quantitative estimate of drug-likeness (QED) is 0.422. The largest absolute Gasteiger partial charge is 0.335 e. The Morgan fingerprint density at radius 1 is 1.20 bits per heavy atom. The molecule has 0 aliphatic carbocycles. The third kappa shape index (κ3) is 3.72. The van der Waals surface area contributed by atoms with Gasteiger partial charge in [-0.15, -0.1) is 0 Å². The van der Waals surface area contributed by atoms with E-state index in [1.807, 2.05) is 18.9 Å². The molecule has 0 saturated heterocycles. The number of anilines is 1. The zero-order valence-electron chi connectivity index (χ0n) is 8.79. The highest BCUT2D eigenvalue weighted by Crippen LogP contribution is 2.06. The minimum atomic E-state index is 0.732. The van der Waals surface area contributed by atoms with Gasteiger partial charge in [0.05, 0.1) is 18.1 Å². The molecule has 1 aromatic rings. The Balaban J connectivity index is 2.64. The average molecular weight is 203 g/mol. The first kappa shape index (κ1) is 11.1. The molecular formula is C11H13N3O. The van der Waals surface area contributed by atoms with Gasteiger partial charge >= 0.3 is 0 Å². The molecule has 4 heteroatoms. The molecule has 0 aliphatic heterocycles. The fraction of sp³-hybridized carbons (Fsp3) is 0.182. The number of rotatable bonds is 4. The lowest BCUT2D eigenvalue weighted by atomic mass is 10.4. The normalized spacial score (nSPS) is 11.1. The first-order chi connectivity index (χ1) is 7.24. The molecular weight excluding hydrogens is 190 g/mol. The molecule has 0 saturated carbocycles. The molecule has 0 aromatic carbocycles. The number of allylic oxidation sites excluding steroid dienone is 3. The molecule has 15 heavy (non-hydrogen) atoms. The summed E-state index contributed by atoms with van der Waals surface area (Å²) in [6, 6.07) is 0. The van der Waals surface area contributed by atoms with Crippen molar-refractivity contribution in [1.82, 2.24) is 9.97 Å². The van der Waals surface area contributed by atoms with Crippen LogP contribution in [0.2, 0.25) is 0 Å². The van der Waals surface area contributed by atoms with E-state index in [4.69, 9.17) is 0 Å². The van der Waals surface area contributed by atoms with Gasteiger partial charge in [-0.2, -0.15) is 0 Å². The van der Waals surface area contributed by atoms with E-state index in [1.165, 1.54) is 6.08 Å². The Morgan fingerprint density at radius 2 is 2.00 bits per heavy atom. The predicted octanol–water partition coefficient (Wildman–Crippen LogP) is 1.49. The van der Waals surface area contributed by atoms with Gasteiger partial charge in [-0.3, -0.25) is 9.78 Å². The second kappa shape index (κ2) is 5.70. The van der Waals surface area contributed by atoms with E-state index in [1.54, 1.807) is 30.7 Å². The molecule has 1 aromatic heterocycles. The number of hydrogen-bond acceptors (Lipinski definition) is 4. The second-order valence-electron chi connectivity index (χ2n) is 2.99. The number of carbonyl (C=O) groups is 1. The van der Waals surface area contributed by atoms with Crippen LogP contribution < -0.4 is 4.90 Å². The maximum atomic E-state index is 10.0. The summed E-state index contributed by atoms with van der Waals surface area (Å²) in [4.78, 5) is 20.1. The van der Waals surface area contributed by atoms with Gasteiger partial charge in [0.1, 0.15) is 6.29 Å². The van der Waals surface area contributed by atoms with Gasteiger partial charge in [0.2, 0.25) is 0 Å². The molecule has 0 N–H and O–H groups in total. The summed E-state index contributed by atoms with van der Waals surface area (Å²) in [5.74, 6) is 0.761. The van der Waals surface area contributed by atoms with Gasteiger partial charge in [-0.1, -0.05) is 6.08 Å². The first-order valence-electron chi connectivity index (χ1n) is 4.54. The van der Waals surface area contributed by atoms with Crippen LogP contribution in [0, 0.1) is 6.92 Å². The van der Waals surface area contributed by atoms with Gasteiger partial charge in [0, 0.05) is 13.2 Å². The number of aldehydes is 1. The summed E-state index contributed by atoms with van der Waals surface area (Å²) >= 11 is 0. The molecule has 78 valence electrons. The summed E-state index contributed by atoms with van der Waals surface area (Å²) in [6.07, 6.45) is 10.8. The molecule has 4 nitrogen and oxygen atoms in total. The first-order valence-corrected chi connectivity index (χ1v) is 4.54. The maximum Gasteiger partial charge on any atom is 0.150 e. The summed E-state index contributed by atoms with van der Waals surface area (Å²) in [5, 5.41) is 0. The Labute approximate surface area is 89.0 Å². The Morgan fingerprint density at radius 3 is 2.60 bits per heavy atom. The molecule has 0 spiro atoms. The van der Waals surface area contributed by atoms with Crippen molar-refractivity contribution < 1.29 is 4.79 Å². The van der Waals surface area contributed by atoms with Gasteiger partial charge in [-0.25, -0.2) is 4.98 Å². The van der Waals surface area contributed by atoms with Crippen LogP contribution in [0.3, 0.4) is 0 Å². The molecule has 0 radical (unpaired) electrons. The van der Waals surface area contributed by atoms with Gasteiger partial charge in [0.25, 0.3) is 0 Å². The Hall–Kier alpha value is -1.97. The van der Waals surface area contributed by atoms with Crippen LogP contribution in [-0.4, -0.2) is 23.3 Å². The summed E-state index contributed by atoms with van der Waals surface area (Å²) < 4.78 is 0. The van der Waals surface area contributed by atoms with Crippen molar-refractivity contribution in [2.45, 2.75) is 6.92 Å². The Bertz CT molecular complexity index is 368. The van der Waals surface area contributed by atoms with E-state index in [-0.39, 0.29) is 0 Å². The number of hydrogen-bond donors (Lipinski definition) is 0. The number of nitrogens with zero attached hydrogens (tertiary/aromatic N) is 3. The summed E-state index contributed by atoms with van der Waals surface area (Å²) in [7, 11) is 1.87. The topological polar surface area (TPSA) is 46.1 Å². The van der Waals surface area contributed by atoms with Crippen LogP contribution in [0.25, 0.3) is 0 Å². The predicted molar refractivity (Wildman–Crippen MR) is 59.5 cm³/mol. The van der Waals surface area contributed by atoms with E-state index in [2.05, 4.69) is 9.97 Å². The van der Waals surface area contributed by atoms with Gasteiger partial charge in [0.15, 0.2) is 5.82 Å². The standard InChI is InChI=1S/C11H13N3O/c1-10-8-13-11(9-12-10)14(2)6-4-3-5-7-15/h3-9H,1-2H3/b5-3-,6-4-. The molecule has 1 heterocycles. The molecule has 1 rings (SSSR count). The minimum Gasteiger partial charge on any atom is -0.335 e. The van der Waals surface area contributed by atoms with Crippen molar-refractivity contribution in [1.29, 1.82) is 0 Å². The van der Waals surface area contributed by atoms with Crippen molar-refractivity contribution >= 4 is 12.1 Å². The monoisotopic (exact) mass is 203 g/mol. The van der Waals surface area contributed by atoms with E-state index in [9.17, 15) is 4.79 Å². The Kier molecular flexibility index (Phi) is 4.22. The van der Waals surface area contributed by atoms with Crippen molar-refractivity contribution in [2.24, 2.45) is 0 Å². The van der Waals surface area contributed by atoms with E-state index < -0.39 is 0 Å². The van der Waals surface area contributed by atoms with Crippen LogP contribution in [0.4, 0.5) is 5.82 Å². The van der Waals surface area contributed by atoms with Crippen molar-refractivity contribution in [3.8, 4) is 0 Å². The van der Waals surface area contributed by atoms with Crippen molar-refractivity contribution in [2.75, 3.05) is 11.9 Å². The van der Waals surface area contributed by atoms with Crippen molar-refractivity contribution in [3.05, 3.63) is 42.5 Å². The highest BCUT2D eigenvalue weighted by Gasteiger charge is 1.96. The molecule has 0 unspecified atom stereocenters. The molecule has 0 atom stereocenters. The fourth-order valence-electron chi connectivity index (χ4n) is 0.933. The van der Waals surface area contributed by atoms with Crippen LogP contribution in [0.1, 0.15) is 5.69 Å². The smallest absolute Gasteiger partial charge is 0.150 e. The SMILES string of the molecule is Cc1cnc(N(C)/C=C\C=C/C=O)cn1. The maximum absolute atomic E-state index is 10.0. The number of carbonyl (C=O) groups excluding carboxylic acids is 1. The van der Waals surface area contributed by atoms with Crippen LogP contribution in [0.15, 0.2) is 36.8 Å². The lowest BCUT2D eigenvalue weighted by molar-refractivity contribution is -0.104. The number of aryl methyl sites for hydroxylation is 1. The zero-order chi connectivity index (χ0) is 11.1. The fourth-order valence-corrected chi connectivity index (χ4v) is 0.933. The molecule has 0 aliphatic rings. The van der Waals surface area contributed by atoms with Crippen LogP contribution in [-0.2, 0) is 4.79 Å². The third-order valence-electron chi connectivity index (χ3n) is 1.74. The van der Waals surface area contributed by atoms with Crippen LogP contribution in [0.5, 0.6) is 0 Å². The van der Waals surface area contributed by atoms with Gasteiger partial charge < -0.3 is 4.90 Å². The lowest BCUT2D eigenvalue weighted by Gasteiger charge is -2.11. The zero-order valence-corrected chi connectivity index (χ0v) is 8.79. The third-order valence-corrected chi connectivity index (χ3v) is 1.74. The molecule has 0 bridgehead atoms. The van der Waals surface area contributed by atoms with Crippen LogP contribution >= 0.6 is 0 Å². The lowest BCUT2D eigenvalue weighted by Crippen LogP contribution is -2.09. The molecule has 0 amide bonds. The molecule has 0 fully saturated rings. The minimum absolute atomic E-state index is 0.732. The highest BCUT2D eigenvalue weighted by molar-refractivity contribution is 5.65. The summed E-state index contributed by atoms with van der Waals surface area (Å²) in [5.41, 5.74) is 0.886. The van der Waals surface area contributed by atoms with E-state index >= 15 is 0 Å². The average Bonchev–Trinajstić information content (AvgIpc) is 2.25. The van der Waals surface area contributed by atoms with Gasteiger partial charge in [-0.05, 0) is 19.1 Å². The highest BCUT2D eigenvalue weighted by atomic mass is 16.1. The van der Waals surface area contributed by atoms with E-state index in [0.29, 0.717) is 0 Å². The van der Waals surface area contributed by atoms with E-state index in [0.717, 1.165) is 17.8 Å².